The summed E-state index contributed by atoms with van der Waals surface area (Å²) in [6, 6.07) is 14.3. The number of hydrogen-bond donors (Lipinski definition) is 1. The second-order valence-corrected chi connectivity index (χ2v) is 7.54. The standard InChI is InChI=1S/C20H18BrN5O4/c1-30-16-8-6-15(7-9-16)24-10-11-25-18(28)19(29)26(23-20(24)25)12-17(27)22-14-4-2-13(21)3-5-14/h2-9H,10-12H2,1H3,(H,22,27). The average Bonchev–Trinajstić information content (AvgIpc) is 3.17. The number of rotatable bonds is 5. The van der Waals surface area contributed by atoms with Crippen molar-refractivity contribution in [3.8, 4) is 5.75 Å². The average molecular weight is 472 g/mol. The molecule has 0 bridgehead atoms. The summed E-state index contributed by atoms with van der Waals surface area (Å²) in [6.45, 7) is 0.464. The number of carbonyl (C=O) groups is 1. The molecule has 2 aromatic carbocycles. The summed E-state index contributed by atoms with van der Waals surface area (Å²) in [7, 11) is 1.58. The monoisotopic (exact) mass is 471 g/mol. The van der Waals surface area contributed by atoms with Crippen LogP contribution in [0.25, 0.3) is 0 Å². The minimum absolute atomic E-state index is 0.321. The van der Waals surface area contributed by atoms with Gasteiger partial charge in [0.25, 0.3) is 0 Å². The van der Waals surface area contributed by atoms with E-state index in [0.29, 0.717) is 30.5 Å². The molecule has 0 saturated carbocycles. The molecular formula is C20H18BrN5O4. The molecule has 9 nitrogen and oxygen atoms in total. The van der Waals surface area contributed by atoms with Gasteiger partial charge < -0.3 is 15.0 Å². The lowest BCUT2D eigenvalue weighted by atomic mass is 10.3. The summed E-state index contributed by atoms with van der Waals surface area (Å²) in [4.78, 5) is 39.2. The lowest BCUT2D eigenvalue weighted by Crippen LogP contribution is -2.44. The lowest BCUT2D eigenvalue weighted by Gasteiger charge is -2.18. The number of nitrogens with zero attached hydrogens (tertiary/aromatic N) is 4. The van der Waals surface area contributed by atoms with Crippen molar-refractivity contribution in [2.24, 2.45) is 0 Å². The van der Waals surface area contributed by atoms with Crippen LogP contribution in [0.3, 0.4) is 0 Å². The van der Waals surface area contributed by atoms with Crippen LogP contribution >= 0.6 is 15.9 Å². The molecule has 30 heavy (non-hydrogen) atoms. The van der Waals surface area contributed by atoms with Crippen LogP contribution in [0.15, 0.2) is 62.6 Å². The Balaban J connectivity index is 1.61. The van der Waals surface area contributed by atoms with Crippen LogP contribution in [0.1, 0.15) is 0 Å². The maximum Gasteiger partial charge on any atom is 0.333 e. The molecule has 1 N–H and O–H groups in total. The molecule has 4 rings (SSSR count). The Kier molecular flexibility index (Phi) is 5.40. The minimum Gasteiger partial charge on any atom is -0.497 e. The topological polar surface area (TPSA) is 98.5 Å². The zero-order chi connectivity index (χ0) is 21.3. The van der Waals surface area contributed by atoms with Crippen LogP contribution in [0.2, 0.25) is 0 Å². The zero-order valence-corrected chi connectivity index (χ0v) is 17.6. The predicted octanol–water partition coefficient (Wildman–Crippen LogP) is 1.97. The molecule has 3 aromatic rings. The number of hydrogen-bond acceptors (Lipinski definition) is 6. The van der Waals surface area contributed by atoms with Crippen LogP contribution in [0, 0.1) is 0 Å². The molecule has 0 atom stereocenters. The molecule has 2 heterocycles. The molecule has 0 unspecified atom stereocenters. The van der Waals surface area contributed by atoms with Crippen molar-refractivity contribution in [3.05, 3.63) is 73.7 Å². The lowest BCUT2D eigenvalue weighted by molar-refractivity contribution is -0.117. The van der Waals surface area contributed by atoms with Crippen LogP contribution in [0.5, 0.6) is 5.75 Å². The third kappa shape index (κ3) is 3.86. The highest BCUT2D eigenvalue weighted by molar-refractivity contribution is 9.10. The van der Waals surface area contributed by atoms with E-state index in [0.717, 1.165) is 14.8 Å². The third-order valence-electron chi connectivity index (χ3n) is 4.71. The molecule has 0 aliphatic carbocycles. The molecule has 0 radical (unpaired) electrons. The first-order valence-electron chi connectivity index (χ1n) is 9.15. The molecule has 1 amide bonds. The predicted molar refractivity (Wildman–Crippen MR) is 116 cm³/mol. The fraction of sp³-hybridized carbons (Fsp3) is 0.200. The van der Waals surface area contributed by atoms with E-state index < -0.39 is 17.0 Å². The number of anilines is 3. The second kappa shape index (κ2) is 8.15. The maximum absolute atomic E-state index is 12.5. The van der Waals surface area contributed by atoms with Gasteiger partial charge in [0, 0.05) is 28.9 Å². The van der Waals surface area contributed by atoms with Gasteiger partial charge in [0.2, 0.25) is 11.9 Å². The molecule has 1 aliphatic rings. The minimum atomic E-state index is -0.832. The SMILES string of the molecule is COc1ccc(N2CCn3c2nn(CC(=O)Nc2ccc(Br)cc2)c(=O)c3=O)cc1. The number of fused-ring (bicyclic) bond motifs is 1. The molecule has 154 valence electrons. The van der Waals surface area contributed by atoms with Gasteiger partial charge in [-0.05, 0) is 48.5 Å². The Morgan fingerprint density at radius 3 is 2.43 bits per heavy atom. The number of carbonyl (C=O) groups excluding carboxylic acids is 1. The Bertz CT molecular complexity index is 1200. The molecular weight excluding hydrogens is 454 g/mol. The molecule has 10 heteroatoms. The summed E-state index contributed by atoms with van der Waals surface area (Å²) < 4.78 is 8.29. The summed E-state index contributed by atoms with van der Waals surface area (Å²) in [5, 5.41) is 6.99. The van der Waals surface area contributed by atoms with Crippen molar-refractivity contribution in [2.45, 2.75) is 13.1 Å². The first-order chi connectivity index (χ1) is 14.5. The van der Waals surface area contributed by atoms with Gasteiger partial charge in [0.05, 0.1) is 7.11 Å². The fourth-order valence-electron chi connectivity index (χ4n) is 3.21. The third-order valence-corrected chi connectivity index (χ3v) is 5.24. The van der Waals surface area contributed by atoms with Crippen molar-refractivity contribution < 1.29 is 9.53 Å². The van der Waals surface area contributed by atoms with Crippen LogP contribution in [0.4, 0.5) is 17.3 Å². The Morgan fingerprint density at radius 2 is 1.77 bits per heavy atom. The van der Waals surface area contributed by atoms with Gasteiger partial charge in [-0.25, -0.2) is 4.68 Å². The van der Waals surface area contributed by atoms with Crippen molar-refractivity contribution in [1.82, 2.24) is 14.3 Å². The number of methoxy groups -OCH3 is 1. The van der Waals surface area contributed by atoms with E-state index in [2.05, 4.69) is 26.3 Å². The number of aromatic nitrogens is 3. The number of ether oxygens (including phenoxy) is 1. The fourth-order valence-corrected chi connectivity index (χ4v) is 3.47. The number of benzene rings is 2. The highest BCUT2D eigenvalue weighted by atomic mass is 79.9. The van der Waals surface area contributed by atoms with Crippen LogP contribution in [-0.4, -0.2) is 33.9 Å². The van der Waals surface area contributed by atoms with Gasteiger partial charge in [-0.1, -0.05) is 15.9 Å². The van der Waals surface area contributed by atoms with E-state index >= 15 is 0 Å². The molecule has 0 fully saturated rings. The van der Waals surface area contributed by atoms with Gasteiger partial charge >= 0.3 is 11.1 Å². The van der Waals surface area contributed by atoms with Gasteiger partial charge in [0.1, 0.15) is 12.3 Å². The summed E-state index contributed by atoms with van der Waals surface area (Å²) in [5.74, 6) is 0.573. The first-order valence-corrected chi connectivity index (χ1v) is 9.94. The largest absolute Gasteiger partial charge is 0.497 e. The van der Waals surface area contributed by atoms with Crippen molar-refractivity contribution in [1.29, 1.82) is 0 Å². The molecule has 1 aromatic heterocycles. The molecule has 1 aliphatic heterocycles. The summed E-state index contributed by atoms with van der Waals surface area (Å²) in [6.07, 6.45) is 0. The van der Waals surface area contributed by atoms with E-state index in [-0.39, 0.29) is 6.54 Å². The van der Waals surface area contributed by atoms with Crippen molar-refractivity contribution in [2.75, 3.05) is 23.9 Å². The normalized spacial score (nSPS) is 12.5. The number of amides is 1. The van der Waals surface area contributed by atoms with Crippen molar-refractivity contribution >= 4 is 39.2 Å². The molecule has 0 spiro atoms. The number of halogens is 1. The van der Waals surface area contributed by atoms with Gasteiger partial charge in [-0.15, -0.1) is 5.10 Å². The van der Waals surface area contributed by atoms with Gasteiger partial charge in [-0.2, -0.15) is 0 Å². The zero-order valence-electron chi connectivity index (χ0n) is 16.0. The quantitative estimate of drug-likeness (QED) is 0.571. The van der Waals surface area contributed by atoms with Crippen molar-refractivity contribution in [3.63, 3.8) is 0 Å². The summed E-state index contributed by atoms with van der Waals surface area (Å²) in [5.41, 5.74) is -0.152. The number of nitrogens with one attached hydrogen (secondary N) is 1. The van der Waals surface area contributed by atoms with Gasteiger partial charge in [0.15, 0.2) is 0 Å². The van der Waals surface area contributed by atoms with Crippen LogP contribution < -0.4 is 26.1 Å². The summed E-state index contributed by atoms with van der Waals surface area (Å²) >= 11 is 3.33. The second-order valence-electron chi connectivity index (χ2n) is 6.62. The maximum atomic E-state index is 12.5. The Hall–Kier alpha value is -3.40. The molecule has 0 saturated heterocycles. The van der Waals surface area contributed by atoms with E-state index in [1.807, 2.05) is 17.0 Å². The van der Waals surface area contributed by atoms with Crippen LogP contribution in [-0.2, 0) is 17.9 Å². The highest BCUT2D eigenvalue weighted by Crippen LogP contribution is 2.27. The Labute approximate surface area is 179 Å². The smallest absolute Gasteiger partial charge is 0.333 e. The first kappa shape index (κ1) is 19.9. The van der Waals surface area contributed by atoms with E-state index in [9.17, 15) is 14.4 Å². The van der Waals surface area contributed by atoms with E-state index in [1.165, 1.54) is 4.57 Å². The van der Waals surface area contributed by atoms with Gasteiger partial charge in [-0.3, -0.25) is 19.0 Å². The Morgan fingerprint density at radius 1 is 1.07 bits per heavy atom. The highest BCUT2D eigenvalue weighted by Gasteiger charge is 2.26. The van der Waals surface area contributed by atoms with E-state index in [4.69, 9.17) is 4.74 Å². The van der Waals surface area contributed by atoms with E-state index in [1.54, 1.807) is 43.5 Å².